The van der Waals surface area contributed by atoms with E-state index in [1.165, 1.54) is 11.1 Å². The number of nitrogens with one attached hydrogen (secondary N) is 1. The molecule has 0 aromatic heterocycles. The molecule has 0 radical (unpaired) electrons. The van der Waals surface area contributed by atoms with Crippen LogP contribution < -0.4 is 5.32 Å². The standard InChI is InChI=1S/C14H19NO3S/c1-2-19(17,18)7-3-4-14(16)11-5-6-12-9-15-10-13(12)8-11/h5-6,8,15H,2-4,7,9-10H2,1H3. The number of carbonyl (C=O) groups excluding carboxylic acids is 1. The molecule has 1 aromatic carbocycles. The normalized spacial score (nSPS) is 14.4. The van der Waals surface area contributed by atoms with Crippen molar-refractivity contribution >= 4 is 15.6 Å². The third kappa shape index (κ3) is 3.64. The van der Waals surface area contributed by atoms with Crippen LogP contribution in [0.1, 0.15) is 41.3 Å². The van der Waals surface area contributed by atoms with Crippen molar-refractivity contribution in [3.63, 3.8) is 0 Å². The molecule has 1 aliphatic rings. The van der Waals surface area contributed by atoms with Gasteiger partial charge >= 0.3 is 0 Å². The predicted molar refractivity (Wildman–Crippen MR) is 74.9 cm³/mol. The highest BCUT2D eigenvalue weighted by molar-refractivity contribution is 7.91. The van der Waals surface area contributed by atoms with Gasteiger partial charge in [-0.2, -0.15) is 0 Å². The summed E-state index contributed by atoms with van der Waals surface area (Å²) in [6.07, 6.45) is 0.704. The largest absolute Gasteiger partial charge is 0.309 e. The van der Waals surface area contributed by atoms with Gasteiger partial charge in [-0.25, -0.2) is 8.42 Å². The molecule has 1 aromatic rings. The number of ketones is 1. The average molecular weight is 281 g/mol. The van der Waals surface area contributed by atoms with E-state index >= 15 is 0 Å². The summed E-state index contributed by atoms with van der Waals surface area (Å²) >= 11 is 0. The molecule has 0 fully saturated rings. The molecule has 0 saturated heterocycles. The van der Waals surface area contributed by atoms with Gasteiger partial charge in [0.1, 0.15) is 9.84 Å². The zero-order valence-electron chi connectivity index (χ0n) is 11.1. The van der Waals surface area contributed by atoms with Gasteiger partial charge in [0.05, 0.1) is 5.75 Å². The van der Waals surface area contributed by atoms with E-state index in [9.17, 15) is 13.2 Å². The molecule has 2 rings (SSSR count). The van der Waals surface area contributed by atoms with Crippen LogP contribution in [0.3, 0.4) is 0 Å². The van der Waals surface area contributed by atoms with Crippen LogP contribution in [-0.4, -0.2) is 25.7 Å². The number of hydrogen-bond acceptors (Lipinski definition) is 4. The van der Waals surface area contributed by atoms with Crippen molar-refractivity contribution in [3.05, 3.63) is 34.9 Å². The van der Waals surface area contributed by atoms with Crippen LogP contribution in [0.5, 0.6) is 0 Å². The second-order valence-electron chi connectivity index (χ2n) is 4.85. The van der Waals surface area contributed by atoms with Gasteiger partial charge in [-0.3, -0.25) is 4.79 Å². The van der Waals surface area contributed by atoms with Gasteiger partial charge in [-0.15, -0.1) is 0 Å². The fraction of sp³-hybridized carbons (Fsp3) is 0.500. The van der Waals surface area contributed by atoms with E-state index in [1.807, 2.05) is 18.2 Å². The molecule has 19 heavy (non-hydrogen) atoms. The van der Waals surface area contributed by atoms with Gasteiger partial charge in [0.25, 0.3) is 0 Å². The van der Waals surface area contributed by atoms with Crippen molar-refractivity contribution in [1.29, 1.82) is 0 Å². The fourth-order valence-corrected chi connectivity index (χ4v) is 3.08. The number of fused-ring (bicyclic) bond motifs is 1. The molecule has 5 heteroatoms. The van der Waals surface area contributed by atoms with Crippen molar-refractivity contribution in [1.82, 2.24) is 5.32 Å². The lowest BCUT2D eigenvalue weighted by atomic mass is 10.0. The Morgan fingerprint density at radius 2 is 2.00 bits per heavy atom. The van der Waals surface area contributed by atoms with Crippen molar-refractivity contribution in [2.45, 2.75) is 32.9 Å². The van der Waals surface area contributed by atoms with Gasteiger partial charge < -0.3 is 5.32 Å². The van der Waals surface area contributed by atoms with Gasteiger partial charge in [0, 0.05) is 30.8 Å². The van der Waals surface area contributed by atoms with Crippen molar-refractivity contribution < 1.29 is 13.2 Å². The van der Waals surface area contributed by atoms with Gasteiger partial charge in [-0.05, 0) is 23.6 Å². The molecule has 1 aliphatic heterocycles. The molecule has 0 saturated carbocycles. The Hall–Kier alpha value is -1.20. The molecular formula is C14H19NO3S. The van der Waals surface area contributed by atoms with Gasteiger partial charge in [0.15, 0.2) is 5.78 Å². The van der Waals surface area contributed by atoms with Crippen LogP contribution in [0.2, 0.25) is 0 Å². The summed E-state index contributed by atoms with van der Waals surface area (Å²) in [4.78, 5) is 12.0. The van der Waals surface area contributed by atoms with E-state index in [-0.39, 0.29) is 17.3 Å². The summed E-state index contributed by atoms with van der Waals surface area (Å²) in [6.45, 7) is 3.30. The van der Waals surface area contributed by atoms with Gasteiger partial charge in [-0.1, -0.05) is 19.1 Å². The minimum Gasteiger partial charge on any atom is -0.309 e. The smallest absolute Gasteiger partial charge is 0.162 e. The van der Waals surface area contributed by atoms with Crippen molar-refractivity contribution in [2.75, 3.05) is 11.5 Å². The number of benzene rings is 1. The van der Waals surface area contributed by atoms with E-state index in [2.05, 4.69) is 5.32 Å². The summed E-state index contributed by atoms with van der Waals surface area (Å²) in [5, 5.41) is 3.23. The van der Waals surface area contributed by atoms with Crippen LogP contribution >= 0.6 is 0 Å². The molecule has 0 aliphatic carbocycles. The van der Waals surface area contributed by atoms with E-state index in [0.717, 1.165) is 13.1 Å². The third-order valence-electron chi connectivity index (χ3n) is 3.46. The van der Waals surface area contributed by atoms with E-state index in [0.29, 0.717) is 18.4 Å². The van der Waals surface area contributed by atoms with E-state index in [1.54, 1.807) is 6.92 Å². The van der Waals surface area contributed by atoms with Crippen molar-refractivity contribution in [3.8, 4) is 0 Å². The molecular weight excluding hydrogens is 262 g/mol. The summed E-state index contributed by atoms with van der Waals surface area (Å²) in [7, 11) is -2.97. The fourth-order valence-electron chi connectivity index (χ4n) is 2.21. The lowest BCUT2D eigenvalue weighted by molar-refractivity contribution is 0.0982. The number of rotatable bonds is 6. The molecule has 0 amide bonds. The van der Waals surface area contributed by atoms with Gasteiger partial charge in [0.2, 0.25) is 0 Å². The molecule has 4 nitrogen and oxygen atoms in total. The van der Waals surface area contributed by atoms with Crippen LogP contribution in [0.4, 0.5) is 0 Å². The summed E-state index contributed by atoms with van der Waals surface area (Å²) < 4.78 is 22.7. The monoisotopic (exact) mass is 281 g/mol. The number of Topliss-reactive ketones (excluding diaryl/α,β-unsaturated/α-hetero) is 1. The number of sulfone groups is 1. The van der Waals surface area contributed by atoms with Crippen LogP contribution in [0.15, 0.2) is 18.2 Å². The minimum absolute atomic E-state index is 0.0287. The van der Waals surface area contributed by atoms with E-state index in [4.69, 9.17) is 0 Å². The summed E-state index contributed by atoms with van der Waals surface area (Å²) in [5.41, 5.74) is 3.11. The molecule has 1 N–H and O–H groups in total. The Labute approximate surface area is 114 Å². The first-order chi connectivity index (χ1) is 9.02. The highest BCUT2D eigenvalue weighted by atomic mass is 32.2. The Morgan fingerprint density at radius 3 is 2.74 bits per heavy atom. The predicted octanol–water partition coefficient (Wildman–Crippen LogP) is 1.69. The zero-order valence-corrected chi connectivity index (χ0v) is 11.9. The molecule has 1 heterocycles. The molecule has 0 spiro atoms. The first-order valence-corrected chi connectivity index (χ1v) is 8.40. The Kier molecular flexibility index (Phi) is 4.37. The minimum atomic E-state index is -2.97. The lowest BCUT2D eigenvalue weighted by Gasteiger charge is -2.04. The Balaban J connectivity index is 1.94. The van der Waals surface area contributed by atoms with Crippen LogP contribution in [-0.2, 0) is 22.9 Å². The van der Waals surface area contributed by atoms with Crippen LogP contribution in [0, 0.1) is 0 Å². The third-order valence-corrected chi connectivity index (χ3v) is 5.25. The number of hydrogen-bond donors (Lipinski definition) is 1. The maximum atomic E-state index is 12.0. The van der Waals surface area contributed by atoms with Crippen LogP contribution in [0.25, 0.3) is 0 Å². The summed E-state index contributed by atoms with van der Waals surface area (Å²) in [6, 6.07) is 5.74. The maximum absolute atomic E-state index is 12.0. The zero-order chi connectivity index (χ0) is 13.9. The lowest BCUT2D eigenvalue weighted by Crippen LogP contribution is -2.10. The maximum Gasteiger partial charge on any atom is 0.162 e. The molecule has 0 unspecified atom stereocenters. The average Bonchev–Trinajstić information content (AvgIpc) is 2.85. The number of carbonyl (C=O) groups is 1. The Morgan fingerprint density at radius 1 is 1.26 bits per heavy atom. The summed E-state index contributed by atoms with van der Waals surface area (Å²) in [5.74, 6) is 0.272. The SMILES string of the molecule is CCS(=O)(=O)CCCC(=O)c1ccc2c(c1)CNC2. The highest BCUT2D eigenvalue weighted by Crippen LogP contribution is 2.18. The van der Waals surface area contributed by atoms with Crippen molar-refractivity contribution in [2.24, 2.45) is 0 Å². The topological polar surface area (TPSA) is 63.2 Å². The second-order valence-corrected chi connectivity index (χ2v) is 7.32. The molecule has 0 bridgehead atoms. The molecule has 104 valence electrons. The quantitative estimate of drug-likeness (QED) is 0.806. The Bertz CT molecular complexity index is 578. The van der Waals surface area contributed by atoms with E-state index < -0.39 is 9.84 Å². The highest BCUT2D eigenvalue weighted by Gasteiger charge is 2.14. The second kappa shape index (κ2) is 5.84. The molecule has 0 atom stereocenters. The first kappa shape index (κ1) is 14.2. The first-order valence-electron chi connectivity index (χ1n) is 6.58.